The lowest BCUT2D eigenvalue weighted by atomic mass is 10.1. The van der Waals surface area contributed by atoms with Crippen LogP contribution in [0.5, 0.6) is 11.5 Å². The van der Waals surface area contributed by atoms with Crippen LogP contribution in [0, 0.1) is 11.3 Å². The maximum Gasteiger partial charge on any atom is 0.255 e. The van der Waals surface area contributed by atoms with E-state index in [0.29, 0.717) is 29.2 Å². The number of carbonyl (C=O) groups is 1. The predicted octanol–water partition coefficient (Wildman–Crippen LogP) is 2.51. The molecule has 1 N–H and O–H groups in total. The molecule has 0 heterocycles. The number of benzene rings is 2. The van der Waals surface area contributed by atoms with Gasteiger partial charge in [0.1, 0.15) is 11.5 Å². The minimum atomic E-state index is -0.250. The van der Waals surface area contributed by atoms with Crippen molar-refractivity contribution in [1.82, 2.24) is 5.32 Å². The molecule has 0 atom stereocenters. The summed E-state index contributed by atoms with van der Waals surface area (Å²) >= 11 is 0. The first-order chi connectivity index (χ1) is 10.7. The van der Waals surface area contributed by atoms with Crippen molar-refractivity contribution in [2.75, 3.05) is 14.2 Å². The average Bonchev–Trinajstić information content (AvgIpc) is 2.59. The van der Waals surface area contributed by atoms with E-state index in [0.717, 1.165) is 5.56 Å². The van der Waals surface area contributed by atoms with Gasteiger partial charge in [-0.05, 0) is 35.9 Å². The molecule has 0 saturated heterocycles. The minimum absolute atomic E-state index is 0.250. The van der Waals surface area contributed by atoms with Crippen LogP contribution in [0.1, 0.15) is 21.5 Å². The number of rotatable bonds is 5. The van der Waals surface area contributed by atoms with Crippen LogP contribution in [0.3, 0.4) is 0 Å². The first-order valence-electron chi connectivity index (χ1n) is 6.67. The molecule has 2 rings (SSSR count). The van der Waals surface area contributed by atoms with Gasteiger partial charge in [-0.15, -0.1) is 0 Å². The van der Waals surface area contributed by atoms with Gasteiger partial charge in [0.2, 0.25) is 0 Å². The Kier molecular flexibility index (Phi) is 4.99. The first kappa shape index (κ1) is 15.4. The minimum Gasteiger partial charge on any atom is -0.497 e. The van der Waals surface area contributed by atoms with Gasteiger partial charge < -0.3 is 14.8 Å². The summed E-state index contributed by atoms with van der Waals surface area (Å²) in [6, 6.07) is 14.2. The number of ether oxygens (including phenoxy) is 2. The smallest absolute Gasteiger partial charge is 0.255 e. The molecule has 0 radical (unpaired) electrons. The van der Waals surface area contributed by atoms with E-state index >= 15 is 0 Å². The molecule has 0 aliphatic carbocycles. The number of hydrogen-bond acceptors (Lipinski definition) is 4. The number of methoxy groups -OCH3 is 2. The summed E-state index contributed by atoms with van der Waals surface area (Å²) in [7, 11) is 3.06. The van der Waals surface area contributed by atoms with E-state index in [-0.39, 0.29) is 5.91 Å². The Morgan fingerprint density at radius 2 is 1.86 bits per heavy atom. The van der Waals surface area contributed by atoms with E-state index in [2.05, 4.69) is 11.4 Å². The van der Waals surface area contributed by atoms with Crippen LogP contribution in [0.4, 0.5) is 0 Å². The number of carbonyl (C=O) groups excluding carboxylic acids is 1. The Hall–Kier alpha value is -3.00. The van der Waals surface area contributed by atoms with Crippen LogP contribution in [0.15, 0.2) is 42.5 Å². The molecule has 1 amide bonds. The van der Waals surface area contributed by atoms with Gasteiger partial charge in [-0.1, -0.05) is 12.1 Å². The van der Waals surface area contributed by atoms with Gasteiger partial charge >= 0.3 is 0 Å². The third kappa shape index (κ3) is 3.55. The maximum atomic E-state index is 12.3. The lowest BCUT2D eigenvalue weighted by molar-refractivity contribution is 0.0947. The highest BCUT2D eigenvalue weighted by Crippen LogP contribution is 2.23. The van der Waals surface area contributed by atoms with Crippen LogP contribution < -0.4 is 14.8 Å². The fourth-order valence-electron chi connectivity index (χ4n) is 1.97. The van der Waals surface area contributed by atoms with Gasteiger partial charge in [0.25, 0.3) is 5.91 Å². The molecule has 5 heteroatoms. The number of nitrogens with zero attached hydrogens (tertiary/aromatic N) is 1. The molecule has 0 aliphatic heterocycles. The first-order valence-corrected chi connectivity index (χ1v) is 6.67. The van der Waals surface area contributed by atoms with Crippen molar-refractivity contribution in [2.45, 2.75) is 6.54 Å². The van der Waals surface area contributed by atoms with E-state index < -0.39 is 0 Å². The molecule has 22 heavy (non-hydrogen) atoms. The maximum absolute atomic E-state index is 12.3. The Bertz CT molecular complexity index is 703. The van der Waals surface area contributed by atoms with Gasteiger partial charge in [-0.3, -0.25) is 4.79 Å². The molecular weight excluding hydrogens is 280 g/mol. The molecule has 0 aromatic heterocycles. The summed E-state index contributed by atoms with van der Waals surface area (Å²) in [5.74, 6) is 0.822. The lowest BCUT2D eigenvalue weighted by Crippen LogP contribution is -2.23. The normalized spacial score (nSPS) is 9.68. The lowest BCUT2D eigenvalue weighted by Gasteiger charge is -2.11. The van der Waals surface area contributed by atoms with Crippen molar-refractivity contribution in [3.05, 3.63) is 59.2 Å². The van der Waals surface area contributed by atoms with E-state index in [1.54, 1.807) is 37.4 Å². The predicted molar refractivity (Wildman–Crippen MR) is 81.9 cm³/mol. The van der Waals surface area contributed by atoms with Gasteiger partial charge in [-0.25, -0.2) is 0 Å². The van der Waals surface area contributed by atoms with Crippen LogP contribution >= 0.6 is 0 Å². The molecule has 0 bridgehead atoms. The molecule has 5 nitrogen and oxygen atoms in total. The highest BCUT2D eigenvalue weighted by Gasteiger charge is 2.13. The number of nitriles is 1. The third-order valence-corrected chi connectivity index (χ3v) is 3.19. The largest absolute Gasteiger partial charge is 0.497 e. The summed E-state index contributed by atoms with van der Waals surface area (Å²) in [4.78, 5) is 12.3. The molecule has 0 spiro atoms. The Morgan fingerprint density at radius 3 is 2.45 bits per heavy atom. The van der Waals surface area contributed by atoms with Crippen molar-refractivity contribution in [2.24, 2.45) is 0 Å². The van der Waals surface area contributed by atoms with Crippen molar-refractivity contribution < 1.29 is 14.3 Å². The highest BCUT2D eigenvalue weighted by atomic mass is 16.5. The highest BCUT2D eigenvalue weighted by molar-refractivity contribution is 5.97. The summed E-state index contributed by atoms with van der Waals surface area (Å²) < 4.78 is 10.3. The summed E-state index contributed by atoms with van der Waals surface area (Å²) in [5.41, 5.74) is 1.91. The summed E-state index contributed by atoms with van der Waals surface area (Å²) in [6.45, 7) is 0.366. The van der Waals surface area contributed by atoms with E-state index in [1.165, 1.54) is 7.11 Å². The number of nitrogens with one attached hydrogen (secondary N) is 1. The van der Waals surface area contributed by atoms with Gasteiger partial charge in [-0.2, -0.15) is 5.26 Å². The Balaban J connectivity index is 2.10. The van der Waals surface area contributed by atoms with Gasteiger partial charge in [0.15, 0.2) is 0 Å². The topological polar surface area (TPSA) is 71.3 Å². The van der Waals surface area contributed by atoms with Crippen molar-refractivity contribution in [3.8, 4) is 17.6 Å². The molecule has 0 aliphatic rings. The molecule has 0 fully saturated rings. The van der Waals surface area contributed by atoms with Gasteiger partial charge in [0, 0.05) is 6.54 Å². The molecule has 0 unspecified atom stereocenters. The van der Waals surface area contributed by atoms with Crippen LogP contribution in [-0.2, 0) is 6.54 Å². The standard InChI is InChI=1S/C17H16N2O3/c1-21-14-7-8-16(22-2)15(9-14)17(20)19-11-13-5-3-12(10-18)4-6-13/h3-9H,11H2,1-2H3,(H,19,20). The van der Waals surface area contributed by atoms with Crippen LogP contribution in [-0.4, -0.2) is 20.1 Å². The van der Waals surface area contributed by atoms with E-state index in [1.807, 2.05) is 12.1 Å². The third-order valence-electron chi connectivity index (χ3n) is 3.19. The zero-order chi connectivity index (χ0) is 15.9. The molecule has 2 aromatic carbocycles. The van der Waals surface area contributed by atoms with E-state index in [4.69, 9.17) is 14.7 Å². The quantitative estimate of drug-likeness (QED) is 0.920. The summed E-state index contributed by atoms with van der Waals surface area (Å²) in [5, 5.41) is 11.6. The average molecular weight is 296 g/mol. The molecular formula is C17H16N2O3. The fraction of sp³-hybridized carbons (Fsp3) is 0.176. The number of hydrogen-bond donors (Lipinski definition) is 1. The van der Waals surface area contributed by atoms with E-state index in [9.17, 15) is 4.79 Å². The van der Waals surface area contributed by atoms with Gasteiger partial charge in [0.05, 0.1) is 31.4 Å². The monoisotopic (exact) mass is 296 g/mol. The van der Waals surface area contributed by atoms with Crippen molar-refractivity contribution in [1.29, 1.82) is 5.26 Å². The Labute approximate surface area is 129 Å². The fourth-order valence-corrected chi connectivity index (χ4v) is 1.97. The zero-order valence-corrected chi connectivity index (χ0v) is 12.4. The second kappa shape index (κ2) is 7.14. The van der Waals surface area contributed by atoms with Crippen molar-refractivity contribution in [3.63, 3.8) is 0 Å². The Morgan fingerprint density at radius 1 is 1.14 bits per heavy atom. The summed E-state index contributed by atoms with van der Waals surface area (Å²) in [6.07, 6.45) is 0. The second-order valence-electron chi connectivity index (χ2n) is 4.56. The van der Waals surface area contributed by atoms with Crippen LogP contribution in [0.25, 0.3) is 0 Å². The van der Waals surface area contributed by atoms with Crippen LogP contribution in [0.2, 0.25) is 0 Å². The SMILES string of the molecule is COc1ccc(OC)c(C(=O)NCc2ccc(C#N)cc2)c1. The second-order valence-corrected chi connectivity index (χ2v) is 4.56. The zero-order valence-electron chi connectivity index (χ0n) is 12.4. The van der Waals surface area contributed by atoms with Crippen molar-refractivity contribution >= 4 is 5.91 Å². The number of amides is 1. The molecule has 2 aromatic rings. The molecule has 112 valence electrons. The molecule has 0 saturated carbocycles.